The number of carbonyl (C=O) groups is 1. The summed E-state index contributed by atoms with van der Waals surface area (Å²) in [6, 6.07) is 9.07. The van der Waals surface area contributed by atoms with Crippen LogP contribution in [0.25, 0.3) is 11.1 Å². The first-order valence-electron chi connectivity index (χ1n) is 8.75. The lowest BCUT2D eigenvalue weighted by Gasteiger charge is -2.14. The molecule has 1 aliphatic rings. The molecule has 1 fully saturated rings. The van der Waals surface area contributed by atoms with E-state index in [1.54, 1.807) is 37.3 Å². The molecule has 0 radical (unpaired) electrons. The van der Waals surface area contributed by atoms with Crippen molar-refractivity contribution in [2.75, 3.05) is 19.0 Å². The van der Waals surface area contributed by atoms with E-state index in [9.17, 15) is 9.18 Å². The molecule has 2 atom stereocenters. The van der Waals surface area contributed by atoms with Crippen LogP contribution in [-0.2, 0) is 9.63 Å². The van der Waals surface area contributed by atoms with E-state index in [0.29, 0.717) is 16.3 Å². The average molecular weight is 408 g/mol. The van der Waals surface area contributed by atoms with Crippen molar-refractivity contribution in [1.29, 1.82) is 0 Å². The van der Waals surface area contributed by atoms with Crippen molar-refractivity contribution in [3.05, 3.63) is 52.8 Å². The summed E-state index contributed by atoms with van der Waals surface area (Å²) in [5, 5.41) is 9.54. The second-order valence-electron chi connectivity index (χ2n) is 6.50. The van der Waals surface area contributed by atoms with Crippen LogP contribution >= 0.6 is 11.6 Å². The third-order valence-electron chi connectivity index (χ3n) is 4.55. The molecule has 2 aromatic carbocycles. The normalized spacial score (nSPS) is 19.5. The Hall–Kier alpha value is -2.51. The number of benzene rings is 2. The number of nitrogens with one attached hydrogen (secondary N) is 2. The van der Waals surface area contributed by atoms with Crippen LogP contribution < -0.4 is 10.6 Å². The number of alkyl halides is 1. The summed E-state index contributed by atoms with van der Waals surface area (Å²) < 4.78 is 28.4. The molecule has 2 aromatic rings. The molecule has 0 aromatic heterocycles. The number of carbonyl (C=O) groups excluding carboxylic acids is 1. The van der Waals surface area contributed by atoms with Crippen LogP contribution in [0.15, 0.2) is 41.6 Å². The van der Waals surface area contributed by atoms with E-state index < -0.39 is 23.9 Å². The largest absolute Gasteiger partial charge is 0.399 e. The number of oxime groups is 1. The van der Waals surface area contributed by atoms with Crippen LogP contribution in [0.5, 0.6) is 0 Å². The highest BCUT2D eigenvalue weighted by Gasteiger charge is 2.29. The molecule has 0 bridgehead atoms. The standard InChI is InChI=1S/C20H20ClF2N3O2/c1-11(26-28-2)12-6-7-16(21)15(8-12)14-4-3-5-17(19(14)23)25-20(27)18-9-13(22)10-24-18/h3-8,13,18,24H,9-10H2,1-2H3,(H,25,27)/b26-11+. The molecule has 3 rings (SSSR count). The Morgan fingerprint density at radius 2 is 2.11 bits per heavy atom. The van der Waals surface area contributed by atoms with Crippen LogP contribution in [0, 0.1) is 5.82 Å². The Labute approximate surface area is 166 Å². The van der Waals surface area contributed by atoms with Gasteiger partial charge in [-0.2, -0.15) is 0 Å². The van der Waals surface area contributed by atoms with Crippen molar-refractivity contribution in [2.24, 2.45) is 5.16 Å². The molecule has 1 saturated heterocycles. The van der Waals surface area contributed by atoms with Gasteiger partial charge in [0.05, 0.1) is 17.4 Å². The Kier molecular flexibility index (Phi) is 6.26. The summed E-state index contributed by atoms with van der Waals surface area (Å²) in [5.41, 5.74) is 2.03. The molecule has 1 heterocycles. The molecular formula is C20H20ClF2N3O2. The second kappa shape index (κ2) is 8.67. The van der Waals surface area contributed by atoms with Gasteiger partial charge in [-0.3, -0.25) is 4.79 Å². The SMILES string of the molecule is CO/N=C(\C)c1ccc(Cl)c(-c2cccc(NC(=O)C3CC(F)CN3)c2F)c1. The Balaban J connectivity index is 1.92. The summed E-state index contributed by atoms with van der Waals surface area (Å²) in [6.07, 6.45) is -1.01. The number of amides is 1. The van der Waals surface area contributed by atoms with Gasteiger partial charge in [-0.25, -0.2) is 8.78 Å². The lowest BCUT2D eigenvalue weighted by atomic mass is 10.00. The maximum absolute atomic E-state index is 15.1. The van der Waals surface area contributed by atoms with E-state index in [2.05, 4.69) is 15.8 Å². The van der Waals surface area contributed by atoms with Gasteiger partial charge >= 0.3 is 0 Å². The molecule has 8 heteroatoms. The van der Waals surface area contributed by atoms with Gasteiger partial charge in [0.15, 0.2) is 5.82 Å². The summed E-state index contributed by atoms with van der Waals surface area (Å²) in [4.78, 5) is 17.1. The summed E-state index contributed by atoms with van der Waals surface area (Å²) in [7, 11) is 1.44. The lowest BCUT2D eigenvalue weighted by Crippen LogP contribution is -2.35. The molecule has 1 aliphatic heterocycles. The van der Waals surface area contributed by atoms with Crippen LogP contribution in [0.4, 0.5) is 14.5 Å². The van der Waals surface area contributed by atoms with E-state index in [0.717, 1.165) is 5.56 Å². The van der Waals surface area contributed by atoms with Crippen LogP contribution in [0.1, 0.15) is 18.9 Å². The first-order chi connectivity index (χ1) is 13.4. The maximum atomic E-state index is 15.1. The molecule has 1 amide bonds. The van der Waals surface area contributed by atoms with Crippen molar-refractivity contribution in [2.45, 2.75) is 25.6 Å². The minimum atomic E-state index is -1.08. The van der Waals surface area contributed by atoms with Crippen molar-refractivity contribution in [3.63, 3.8) is 0 Å². The van der Waals surface area contributed by atoms with E-state index >= 15 is 4.39 Å². The summed E-state index contributed by atoms with van der Waals surface area (Å²) in [5.74, 6) is -1.09. The van der Waals surface area contributed by atoms with Gasteiger partial charge in [-0.15, -0.1) is 0 Å². The zero-order valence-corrected chi connectivity index (χ0v) is 16.2. The quantitative estimate of drug-likeness (QED) is 0.578. The molecule has 0 spiro atoms. The molecular weight excluding hydrogens is 388 g/mol. The number of anilines is 1. The van der Waals surface area contributed by atoms with Gasteiger partial charge < -0.3 is 15.5 Å². The van der Waals surface area contributed by atoms with Gasteiger partial charge in [0, 0.05) is 29.1 Å². The molecule has 5 nitrogen and oxygen atoms in total. The van der Waals surface area contributed by atoms with E-state index in [1.807, 2.05) is 0 Å². The smallest absolute Gasteiger partial charge is 0.241 e. The van der Waals surface area contributed by atoms with E-state index in [-0.39, 0.29) is 24.2 Å². The van der Waals surface area contributed by atoms with Crippen LogP contribution in [0.3, 0.4) is 0 Å². The minimum Gasteiger partial charge on any atom is -0.399 e. The van der Waals surface area contributed by atoms with Gasteiger partial charge in [-0.1, -0.05) is 35.0 Å². The van der Waals surface area contributed by atoms with Crippen molar-refractivity contribution >= 4 is 28.9 Å². The molecule has 0 aliphatic carbocycles. The Morgan fingerprint density at radius 3 is 2.79 bits per heavy atom. The number of hydrogen-bond acceptors (Lipinski definition) is 4. The molecule has 148 valence electrons. The molecule has 0 saturated carbocycles. The van der Waals surface area contributed by atoms with Crippen molar-refractivity contribution in [3.8, 4) is 11.1 Å². The monoisotopic (exact) mass is 407 g/mol. The van der Waals surface area contributed by atoms with E-state index in [4.69, 9.17) is 16.4 Å². The molecule has 2 unspecified atom stereocenters. The highest BCUT2D eigenvalue weighted by Crippen LogP contribution is 2.34. The summed E-state index contributed by atoms with van der Waals surface area (Å²) >= 11 is 6.29. The van der Waals surface area contributed by atoms with Crippen molar-refractivity contribution in [1.82, 2.24) is 5.32 Å². The zero-order chi connectivity index (χ0) is 20.3. The van der Waals surface area contributed by atoms with Gasteiger partial charge in [0.1, 0.15) is 13.3 Å². The third kappa shape index (κ3) is 4.31. The Morgan fingerprint density at radius 1 is 1.32 bits per heavy atom. The molecule has 28 heavy (non-hydrogen) atoms. The fourth-order valence-corrected chi connectivity index (χ4v) is 3.31. The first-order valence-corrected chi connectivity index (χ1v) is 9.13. The zero-order valence-electron chi connectivity index (χ0n) is 15.4. The maximum Gasteiger partial charge on any atom is 0.241 e. The van der Waals surface area contributed by atoms with E-state index in [1.165, 1.54) is 13.2 Å². The van der Waals surface area contributed by atoms with Gasteiger partial charge in [0.2, 0.25) is 5.91 Å². The van der Waals surface area contributed by atoms with Crippen molar-refractivity contribution < 1.29 is 18.4 Å². The minimum absolute atomic E-state index is 0.00959. The number of halogens is 3. The lowest BCUT2D eigenvalue weighted by molar-refractivity contribution is -0.117. The number of rotatable bonds is 5. The summed E-state index contributed by atoms with van der Waals surface area (Å²) in [6.45, 7) is 1.88. The van der Waals surface area contributed by atoms with Crippen LogP contribution in [-0.4, -0.2) is 37.5 Å². The fourth-order valence-electron chi connectivity index (χ4n) is 3.10. The molecule has 2 N–H and O–H groups in total. The third-order valence-corrected chi connectivity index (χ3v) is 4.88. The Bertz CT molecular complexity index is 920. The number of nitrogens with zero attached hydrogens (tertiary/aromatic N) is 1. The number of hydrogen-bond donors (Lipinski definition) is 2. The second-order valence-corrected chi connectivity index (χ2v) is 6.91. The predicted octanol–water partition coefficient (Wildman–Crippen LogP) is 4.16. The predicted molar refractivity (Wildman–Crippen MR) is 106 cm³/mol. The van der Waals surface area contributed by atoms with Gasteiger partial charge in [0.25, 0.3) is 0 Å². The van der Waals surface area contributed by atoms with Gasteiger partial charge in [-0.05, 0) is 30.7 Å². The highest BCUT2D eigenvalue weighted by molar-refractivity contribution is 6.33. The average Bonchev–Trinajstić information content (AvgIpc) is 3.11. The van der Waals surface area contributed by atoms with Crippen LogP contribution in [0.2, 0.25) is 5.02 Å². The highest BCUT2D eigenvalue weighted by atomic mass is 35.5. The first kappa shape index (κ1) is 20.2. The fraction of sp³-hybridized carbons (Fsp3) is 0.300. The topological polar surface area (TPSA) is 62.7 Å².